The first-order chi connectivity index (χ1) is 9.16. The molecule has 1 amide bonds. The standard InChI is InChI=1S/C13H20N2O3S/c16-11(12-14-6-7-19-12)10(15-13(17)18)8-9-4-2-1-3-5-9/h6-7,9-11,15-16H,1-5,8H2,(H,17,18). The molecule has 0 bridgehead atoms. The predicted octanol–water partition coefficient (Wildman–Crippen LogP) is 2.78. The summed E-state index contributed by atoms with van der Waals surface area (Å²) in [6.45, 7) is 0. The van der Waals surface area contributed by atoms with Gasteiger partial charge in [-0.2, -0.15) is 0 Å². The molecule has 0 aromatic carbocycles. The molecule has 3 N–H and O–H groups in total. The van der Waals surface area contributed by atoms with Gasteiger partial charge in [0.1, 0.15) is 11.1 Å². The average Bonchev–Trinajstić information content (AvgIpc) is 2.91. The van der Waals surface area contributed by atoms with E-state index in [0.29, 0.717) is 17.3 Å². The molecular weight excluding hydrogens is 264 g/mol. The van der Waals surface area contributed by atoms with Crippen LogP contribution in [0.15, 0.2) is 11.6 Å². The monoisotopic (exact) mass is 284 g/mol. The Hall–Kier alpha value is -1.14. The molecule has 6 heteroatoms. The molecule has 0 saturated heterocycles. The van der Waals surface area contributed by atoms with E-state index in [1.54, 1.807) is 11.6 Å². The van der Waals surface area contributed by atoms with E-state index < -0.39 is 18.2 Å². The van der Waals surface area contributed by atoms with Crippen molar-refractivity contribution in [3.8, 4) is 0 Å². The zero-order chi connectivity index (χ0) is 13.7. The minimum absolute atomic E-state index is 0.466. The highest BCUT2D eigenvalue weighted by Gasteiger charge is 2.28. The molecule has 106 valence electrons. The first-order valence-corrected chi connectivity index (χ1v) is 7.61. The van der Waals surface area contributed by atoms with Gasteiger partial charge in [0.2, 0.25) is 0 Å². The normalized spacial score (nSPS) is 19.8. The Bertz CT molecular complexity index is 391. The second-order valence-electron chi connectivity index (χ2n) is 5.11. The number of aromatic nitrogens is 1. The Morgan fingerprint density at radius 3 is 2.79 bits per heavy atom. The second kappa shape index (κ2) is 6.86. The quantitative estimate of drug-likeness (QED) is 0.776. The fraction of sp³-hybridized carbons (Fsp3) is 0.692. The number of thiazole rings is 1. The molecule has 5 nitrogen and oxygen atoms in total. The SMILES string of the molecule is O=C(O)NC(CC1CCCCC1)C(O)c1nccs1. The summed E-state index contributed by atoms with van der Waals surface area (Å²) < 4.78 is 0. The molecule has 1 heterocycles. The molecule has 1 aliphatic rings. The molecule has 2 atom stereocenters. The molecule has 2 unspecified atom stereocenters. The summed E-state index contributed by atoms with van der Waals surface area (Å²) in [4.78, 5) is 15.0. The van der Waals surface area contributed by atoms with Crippen molar-refractivity contribution in [2.75, 3.05) is 0 Å². The Kier molecular flexibility index (Phi) is 5.15. The van der Waals surface area contributed by atoms with Crippen molar-refractivity contribution >= 4 is 17.4 Å². The third-order valence-corrected chi connectivity index (χ3v) is 4.55. The molecule has 1 aromatic rings. The van der Waals surface area contributed by atoms with E-state index in [2.05, 4.69) is 10.3 Å². The first-order valence-electron chi connectivity index (χ1n) is 6.73. The maximum atomic E-state index is 10.9. The van der Waals surface area contributed by atoms with Gasteiger partial charge in [0.15, 0.2) is 0 Å². The number of hydrogen-bond acceptors (Lipinski definition) is 4. The molecule has 1 fully saturated rings. The van der Waals surface area contributed by atoms with Crippen molar-refractivity contribution in [2.24, 2.45) is 5.92 Å². The number of aliphatic hydroxyl groups is 1. The topological polar surface area (TPSA) is 82.5 Å². The summed E-state index contributed by atoms with van der Waals surface area (Å²) in [5.41, 5.74) is 0. The van der Waals surface area contributed by atoms with Gasteiger partial charge >= 0.3 is 6.09 Å². The van der Waals surface area contributed by atoms with Crippen molar-refractivity contribution in [1.82, 2.24) is 10.3 Å². The van der Waals surface area contributed by atoms with Crippen LogP contribution in [-0.4, -0.2) is 27.3 Å². The van der Waals surface area contributed by atoms with Gasteiger partial charge < -0.3 is 15.5 Å². The van der Waals surface area contributed by atoms with Gasteiger partial charge in [0.25, 0.3) is 0 Å². The highest BCUT2D eigenvalue weighted by molar-refractivity contribution is 7.09. The third kappa shape index (κ3) is 4.18. The lowest BCUT2D eigenvalue weighted by molar-refractivity contribution is 0.103. The maximum Gasteiger partial charge on any atom is 0.404 e. The highest BCUT2D eigenvalue weighted by atomic mass is 32.1. The van der Waals surface area contributed by atoms with Crippen LogP contribution in [0.5, 0.6) is 0 Å². The van der Waals surface area contributed by atoms with E-state index in [-0.39, 0.29) is 0 Å². The molecule has 0 aliphatic heterocycles. The fourth-order valence-corrected chi connectivity index (χ4v) is 3.45. The lowest BCUT2D eigenvalue weighted by Crippen LogP contribution is -2.40. The molecule has 1 saturated carbocycles. The number of aliphatic hydroxyl groups excluding tert-OH is 1. The molecule has 0 radical (unpaired) electrons. The van der Waals surface area contributed by atoms with E-state index >= 15 is 0 Å². The number of carboxylic acid groups (broad SMARTS) is 1. The van der Waals surface area contributed by atoms with E-state index in [1.807, 2.05) is 0 Å². The minimum Gasteiger partial charge on any atom is -0.465 e. The number of amides is 1. The van der Waals surface area contributed by atoms with Gasteiger partial charge in [-0.05, 0) is 12.3 Å². The van der Waals surface area contributed by atoms with E-state index in [0.717, 1.165) is 12.8 Å². The third-order valence-electron chi connectivity index (χ3n) is 3.71. The second-order valence-corrected chi connectivity index (χ2v) is 6.04. The van der Waals surface area contributed by atoms with Crippen molar-refractivity contribution in [3.05, 3.63) is 16.6 Å². The van der Waals surface area contributed by atoms with Crippen molar-refractivity contribution < 1.29 is 15.0 Å². The lowest BCUT2D eigenvalue weighted by atomic mass is 9.84. The van der Waals surface area contributed by atoms with Crippen molar-refractivity contribution in [3.63, 3.8) is 0 Å². The van der Waals surface area contributed by atoms with Crippen molar-refractivity contribution in [1.29, 1.82) is 0 Å². The number of hydrogen-bond donors (Lipinski definition) is 3. The van der Waals surface area contributed by atoms with E-state index in [9.17, 15) is 9.90 Å². The summed E-state index contributed by atoms with van der Waals surface area (Å²) in [6, 6.07) is -0.466. The fourth-order valence-electron chi connectivity index (χ4n) is 2.76. The van der Waals surface area contributed by atoms with Crippen LogP contribution in [0, 0.1) is 5.92 Å². The van der Waals surface area contributed by atoms with E-state index in [4.69, 9.17) is 5.11 Å². The minimum atomic E-state index is -1.09. The number of carbonyl (C=O) groups is 1. The molecule has 19 heavy (non-hydrogen) atoms. The molecule has 0 spiro atoms. The smallest absolute Gasteiger partial charge is 0.404 e. The van der Waals surface area contributed by atoms with Crippen LogP contribution in [0.25, 0.3) is 0 Å². The first kappa shape index (κ1) is 14.3. The summed E-state index contributed by atoms with van der Waals surface area (Å²) in [5.74, 6) is 0.500. The average molecular weight is 284 g/mol. The zero-order valence-corrected chi connectivity index (χ0v) is 11.6. The largest absolute Gasteiger partial charge is 0.465 e. The van der Waals surface area contributed by atoms with Crippen LogP contribution in [0.1, 0.15) is 49.6 Å². The lowest BCUT2D eigenvalue weighted by Gasteiger charge is -2.28. The van der Waals surface area contributed by atoms with Gasteiger partial charge in [-0.1, -0.05) is 32.1 Å². The van der Waals surface area contributed by atoms with Crippen LogP contribution in [0.3, 0.4) is 0 Å². The number of rotatable bonds is 5. The summed E-state index contributed by atoms with van der Waals surface area (Å²) in [7, 11) is 0. The maximum absolute atomic E-state index is 10.9. The van der Waals surface area contributed by atoms with Gasteiger partial charge in [0, 0.05) is 11.6 Å². The molecule has 1 aliphatic carbocycles. The van der Waals surface area contributed by atoms with Crippen LogP contribution >= 0.6 is 11.3 Å². The Labute approximate surface area is 116 Å². The summed E-state index contributed by atoms with van der Waals surface area (Å²) >= 11 is 1.35. The summed E-state index contributed by atoms with van der Waals surface area (Å²) in [6.07, 6.45) is 6.31. The molecular formula is C13H20N2O3S. The van der Waals surface area contributed by atoms with Gasteiger partial charge in [-0.3, -0.25) is 0 Å². The van der Waals surface area contributed by atoms with Gasteiger partial charge in [-0.25, -0.2) is 9.78 Å². The molecule has 1 aromatic heterocycles. The molecule has 2 rings (SSSR count). The Morgan fingerprint density at radius 2 is 2.21 bits per heavy atom. The summed E-state index contributed by atoms with van der Waals surface area (Å²) in [5, 5.41) is 24.0. The van der Waals surface area contributed by atoms with Crippen LogP contribution in [0.2, 0.25) is 0 Å². The predicted molar refractivity (Wildman–Crippen MR) is 73.2 cm³/mol. The van der Waals surface area contributed by atoms with Crippen LogP contribution in [0.4, 0.5) is 4.79 Å². The van der Waals surface area contributed by atoms with Crippen molar-refractivity contribution in [2.45, 2.75) is 50.7 Å². The Balaban J connectivity index is 2.00. The van der Waals surface area contributed by atoms with Gasteiger partial charge in [0.05, 0.1) is 6.04 Å². The number of nitrogens with one attached hydrogen (secondary N) is 1. The van der Waals surface area contributed by atoms with Crippen LogP contribution in [-0.2, 0) is 0 Å². The van der Waals surface area contributed by atoms with E-state index in [1.165, 1.54) is 30.6 Å². The zero-order valence-electron chi connectivity index (χ0n) is 10.8. The Morgan fingerprint density at radius 1 is 1.47 bits per heavy atom. The van der Waals surface area contributed by atoms with Crippen LogP contribution < -0.4 is 5.32 Å². The van der Waals surface area contributed by atoms with Gasteiger partial charge in [-0.15, -0.1) is 11.3 Å². The highest BCUT2D eigenvalue weighted by Crippen LogP contribution is 2.31. The number of nitrogens with zero attached hydrogens (tertiary/aromatic N) is 1.